The van der Waals surface area contributed by atoms with E-state index in [-0.39, 0.29) is 16.7 Å². The van der Waals surface area contributed by atoms with Gasteiger partial charge in [0.1, 0.15) is 17.7 Å². The molecular formula is C31H26F4N6O. The number of nitrogens with zero attached hydrogens (tertiary/aromatic N) is 6. The maximum atomic E-state index is 16.2. The number of hydrogen-bond acceptors (Lipinski definition) is 4. The van der Waals surface area contributed by atoms with Crippen molar-refractivity contribution in [3.8, 4) is 34.0 Å². The predicted octanol–water partition coefficient (Wildman–Crippen LogP) is 7.20. The maximum Gasteiger partial charge on any atom is 0.271 e. The summed E-state index contributed by atoms with van der Waals surface area (Å²) in [5.41, 5.74) is 3.64. The molecule has 2 aromatic carbocycles. The second-order valence-electron chi connectivity index (χ2n) is 10.2. The van der Waals surface area contributed by atoms with Gasteiger partial charge in [-0.1, -0.05) is 30.3 Å². The molecule has 0 spiro atoms. The van der Waals surface area contributed by atoms with Gasteiger partial charge in [0.25, 0.3) is 11.9 Å². The lowest BCUT2D eigenvalue weighted by atomic mass is 9.99. The standard InChI is InChI=1S/C31H26F4N6O/c1-18-8-9-19(2)41(18)30-37-29-27(42-4)25(14-15-39(29)38-30)24-7-5-6-23(26(24)33)21-16-36-40(17-21)28(31(3,34)35)20-10-12-22(32)13-11-20/h5-17,28H,1-4H3/t28-/m1/s1. The molecule has 0 radical (unpaired) electrons. The summed E-state index contributed by atoms with van der Waals surface area (Å²) in [5, 5.41) is 8.72. The van der Waals surface area contributed by atoms with Gasteiger partial charge >= 0.3 is 0 Å². The van der Waals surface area contributed by atoms with E-state index in [1.807, 2.05) is 30.5 Å². The van der Waals surface area contributed by atoms with Gasteiger partial charge in [0, 0.05) is 53.0 Å². The van der Waals surface area contributed by atoms with Crippen LogP contribution in [0.25, 0.3) is 33.8 Å². The zero-order valence-electron chi connectivity index (χ0n) is 23.2. The number of rotatable bonds is 7. The highest BCUT2D eigenvalue weighted by atomic mass is 19.3. The van der Waals surface area contributed by atoms with Crippen LogP contribution in [0.5, 0.6) is 5.75 Å². The average Bonchev–Trinajstić information content (AvgIpc) is 3.67. The average molecular weight is 575 g/mol. The quantitative estimate of drug-likeness (QED) is 0.189. The van der Waals surface area contributed by atoms with Crippen molar-refractivity contribution < 1.29 is 22.3 Å². The van der Waals surface area contributed by atoms with Gasteiger partial charge in [-0.3, -0.25) is 9.25 Å². The largest absolute Gasteiger partial charge is 0.492 e. The van der Waals surface area contributed by atoms with Crippen molar-refractivity contribution in [2.24, 2.45) is 0 Å². The first kappa shape index (κ1) is 27.3. The molecule has 7 nitrogen and oxygen atoms in total. The van der Waals surface area contributed by atoms with Crippen molar-refractivity contribution in [3.05, 3.63) is 108 Å². The van der Waals surface area contributed by atoms with Crippen molar-refractivity contribution in [1.82, 2.24) is 28.9 Å². The summed E-state index contributed by atoms with van der Waals surface area (Å²) in [4.78, 5) is 4.68. The van der Waals surface area contributed by atoms with E-state index in [9.17, 15) is 13.2 Å². The molecule has 4 heterocycles. The smallest absolute Gasteiger partial charge is 0.271 e. The van der Waals surface area contributed by atoms with Crippen LogP contribution in [0.1, 0.15) is 29.9 Å². The Kier molecular flexibility index (Phi) is 6.59. The van der Waals surface area contributed by atoms with Gasteiger partial charge in [-0.2, -0.15) is 10.1 Å². The minimum absolute atomic E-state index is 0.165. The van der Waals surface area contributed by atoms with Crippen LogP contribution < -0.4 is 4.74 Å². The second kappa shape index (κ2) is 10.2. The van der Waals surface area contributed by atoms with Crippen LogP contribution in [0.3, 0.4) is 0 Å². The fourth-order valence-corrected chi connectivity index (χ4v) is 5.31. The molecule has 0 unspecified atom stereocenters. The lowest BCUT2D eigenvalue weighted by molar-refractivity contribution is -0.0217. The molecule has 0 amide bonds. The summed E-state index contributed by atoms with van der Waals surface area (Å²) in [6, 6.07) is 13.7. The highest BCUT2D eigenvalue weighted by Gasteiger charge is 2.38. The molecule has 0 aliphatic heterocycles. The molecule has 214 valence electrons. The van der Waals surface area contributed by atoms with E-state index in [4.69, 9.17) is 4.74 Å². The van der Waals surface area contributed by atoms with Gasteiger partial charge in [0.2, 0.25) is 0 Å². The van der Waals surface area contributed by atoms with Gasteiger partial charge in [0.15, 0.2) is 11.4 Å². The van der Waals surface area contributed by atoms with E-state index in [1.165, 1.54) is 31.6 Å². The zero-order chi connectivity index (χ0) is 29.8. The number of aromatic nitrogens is 6. The SMILES string of the molecule is COc1c(-c2cccc(-c3cnn([C@H](c4ccc(F)cc4)C(C)(F)F)c3)c2F)ccn2nc(-n3c(C)ccc3C)nc12. The number of ether oxygens (including phenoxy) is 1. The number of methoxy groups -OCH3 is 1. The molecule has 0 fully saturated rings. The van der Waals surface area contributed by atoms with Crippen LogP contribution in [0, 0.1) is 25.5 Å². The predicted molar refractivity (Wildman–Crippen MR) is 150 cm³/mol. The Balaban J connectivity index is 1.42. The minimum Gasteiger partial charge on any atom is -0.492 e. The Morgan fingerprint density at radius 1 is 0.881 bits per heavy atom. The van der Waals surface area contributed by atoms with Gasteiger partial charge < -0.3 is 4.74 Å². The third kappa shape index (κ3) is 4.60. The molecule has 6 aromatic rings. The maximum absolute atomic E-state index is 16.2. The monoisotopic (exact) mass is 574 g/mol. The number of hydrogen-bond donors (Lipinski definition) is 0. The number of alkyl halides is 2. The fraction of sp³-hybridized carbons (Fsp3) is 0.194. The molecule has 0 saturated carbocycles. The number of aryl methyl sites for hydroxylation is 2. The van der Waals surface area contributed by atoms with Gasteiger partial charge in [-0.15, -0.1) is 5.10 Å². The first-order chi connectivity index (χ1) is 20.1. The molecule has 0 saturated heterocycles. The van der Waals surface area contributed by atoms with Crippen LogP contribution in [0.4, 0.5) is 17.6 Å². The fourth-order valence-electron chi connectivity index (χ4n) is 5.31. The van der Waals surface area contributed by atoms with Crippen LogP contribution in [-0.4, -0.2) is 42.0 Å². The molecule has 4 aromatic heterocycles. The van der Waals surface area contributed by atoms with Crippen LogP contribution >= 0.6 is 0 Å². The van der Waals surface area contributed by atoms with Gasteiger partial charge in [0.05, 0.1) is 13.3 Å². The third-order valence-corrected chi connectivity index (χ3v) is 7.26. The summed E-state index contributed by atoms with van der Waals surface area (Å²) in [5.74, 6) is -3.58. The Hall–Kier alpha value is -4.93. The summed E-state index contributed by atoms with van der Waals surface area (Å²) >= 11 is 0. The van der Waals surface area contributed by atoms with Crippen molar-refractivity contribution in [1.29, 1.82) is 0 Å². The molecular weight excluding hydrogens is 548 g/mol. The van der Waals surface area contributed by atoms with E-state index in [2.05, 4.69) is 15.2 Å². The zero-order valence-corrected chi connectivity index (χ0v) is 23.2. The molecule has 1 atom stereocenters. The highest BCUT2D eigenvalue weighted by molar-refractivity contribution is 5.81. The van der Waals surface area contributed by atoms with Crippen LogP contribution in [0.2, 0.25) is 0 Å². The molecule has 0 N–H and O–H groups in total. The summed E-state index contributed by atoms with van der Waals surface area (Å²) in [6.07, 6.45) is 4.37. The first-order valence-electron chi connectivity index (χ1n) is 13.1. The van der Waals surface area contributed by atoms with Crippen molar-refractivity contribution in [2.75, 3.05) is 7.11 Å². The van der Waals surface area contributed by atoms with E-state index >= 15 is 4.39 Å². The normalized spacial score (nSPS) is 12.7. The highest BCUT2D eigenvalue weighted by Crippen LogP contribution is 2.39. The summed E-state index contributed by atoms with van der Waals surface area (Å²) in [7, 11) is 1.48. The number of pyridine rings is 1. The van der Waals surface area contributed by atoms with E-state index in [0.717, 1.165) is 35.1 Å². The van der Waals surface area contributed by atoms with Crippen molar-refractivity contribution in [2.45, 2.75) is 32.7 Å². The van der Waals surface area contributed by atoms with Gasteiger partial charge in [-0.05, 0) is 49.7 Å². The topological polar surface area (TPSA) is 62.2 Å². The minimum atomic E-state index is -3.24. The van der Waals surface area contributed by atoms with Gasteiger partial charge in [-0.25, -0.2) is 22.1 Å². The third-order valence-electron chi connectivity index (χ3n) is 7.26. The number of halogens is 4. The summed E-state index contributed by atoms with van der Waals surface area (Å²) < 4.78 is 69.4. The van der Waals surface area contributed by atoms with Crippen molar-refractivity contribution in [3.63, 3.8) is 0 Å². The van der Waals surface area contributed by atoms with Crippen LogP contribution in [-0.2, 0) is 0 Å². The molecule has 0 bridgehead atoms. The van der Waals surface area contributed by atoms with E-state index in [1.54, 1.807) is 35.0 Å². The van der Waals surface area contributed by atoms with Crippen molar-refractivity contribution >= 4 is 5.65 Å². The summed E-state index contributed by atoms with van der Waals surface area (Å²) in [6.45, 7) is 4.67. The number of fused-ring (bicyclic) bond motifs is 1. The molecule has 0 aliphatic carbocycles. The molecule has 42 heavy (non-hydrogen) atoms. The Labute approximate surface area is 238 Å². The van der Waals surface area contributed by atoms with E-state index in [0.29, 0.717) is 28.5 Å². The molecule has 6 rings (SSSR count). The lowest BCUT2D eigenvalue weighted by Gasteiger charge is -2.24. The number of benzene rings is 2. The first-order valence-corrected chi connectivity index (χ1v) is 13.1. The second-order valence-corrected chi connectivity index (χ2v) is 10.2. The molecule has 0 aliphatic rings. The van der Waals surface area contributed by atoms with Crippen LogP contribution in [0.15, 0.2) is 79.3 Å². The lowest BCUT2D eigenvalue weighted by Crippen LogP contribution is -2.29. The Morgan fingerprint density at radius 3 is 2.24 bits per heavy atom. The molecule has 11 heteroatoms. The Bertz CT molecular complexity index is 1900. The van der Waals surface area contributed by atoms with E-state index < -0.39 is 23.6 Å². The Morgan fingerprint density at radius 2 is 1.57 bits per heavy atom.